The van der Waals surface area contributed by atoms with Gasteiger partial charge in [-0.2, -0.15) is 0 Å². The molecule has 0 spiro atoms. The Morgan fingerprint density at radius 2 is 2.31 bits per heavy atom. The van der Waals surface area contributed by atoms with E-state index >= 15 is 0 Å². The summed E-state index contributed by atoms with van der Waals surface area (Å²) in [6.45, 7) is 5.68. The van der Waals surface area contributed by atoms with Crippen molar-refractivity contribution in [1.82, 2.24) is 4.90 Å². The molecule has 1 fully saturated rings. The highest BCUT2D eigenvalue weighted by Crippen LogP contribution is 2.18. The topological polar surface area (TPSA) is 66.8 Å². The van der Waals surface area contributed by atoms with Crippen molar-refractivity contribution in [3.8, 4) is 0 Å². The smallest absolute Gasteiger partial charge is 0.316 e. The third-order valence-electron chi connectivity index (χ3n) is 2.62. The largest absolute Gasteiger partial charge is 0.481 e. The van der Waals surface area contributed by atoms with Crippen molar-refractivity contribution in [2.24, 2.45) is 5.92 Å². The number of carbonyl (C=O) groups excluding carboxylic acids is 1. The van der Waals surface area contributed by atoms with E-state index in [-0.39, 0.29) is 12.0 Å². The number of likely N-dealkylation sites (tertiary alicyclic amines) is 1. The number of rotatable bonds is 6. The average molecular weight is 229 g/mol. The highest BCUT2D eigenvalue weighted by Gasteiger charge is 2.36. The molecule has 1 aliphatic rings. The van der Waals surface area contributed by atoms with Gasteiger partial charge < -0.3 is 14.7 Å². The van der Waals surface area contributed by atoms with Gasteiger partial charge in [0, 0.05) is 19.7 Å². The number of hydrogen-bond acceptors (Lipinski definition) is 3. The second-order valence-electron chi connectivity index (χ2n) is 4.28. The quantitative estimate of drug-likeness (QED) is 0.538. The molecule has 0 bridgehead atoms. The lowest BCUT2D eigenvalue weighted by molar-refractivity contribution is -0.147. The maximum absolute atomic E-state index is 11.6. The number of nitrogens with zero attached hydrogens (tertiary/aromatic N) is 1. The molecule has 0 saturated carbocycles. The molecule has 0 aromatic heterocycles. The molecule has 92 valence electrons. The molecule has 5 nitrogen and oxygen atoms in total. The minimum absolute atomic E-state index is 0.195. The monoisotopic (exact) mass is 229 g/mol. The molecule has 5 heteroatoms. The Morgan fingerprint density at radius 3 is 2.81 bits per heavy atom. The molecule has 0 aromatic rings. The van der Waals surface area contributed by atoms with E-state index in [4.69, 9.17) is 9.84 Å². The molecule has 1 saturated heterocycles. The van der Waals surface area contributed by atoms with Crippen LogP contribution in [-0.4, -0.2) is 47.7 Å². The van der Waals surface area contributed by atoms with Crippen LogP contribution in [0.5, 0.6) is 0 Å². The first-order valence-corrected chi connectivity index (χ1v) is 5.65. The van der Waals surface area contributed by atoms with Crippen molar-refractivity contribution in [2.75, 3.05) is 19.7 Å². The van der Waals surface area contributed by atoms with Gasteiger partial charge in [-0.1, -0.05) is 0 Å². The fourth-order valence-corrected chi connectivity index (χ4v) is 1.76. The first kappa shape index (κ1) is 13.0. The number of carboxylic acids is 1. The average Bonchev–Trinajstić information content (AvgIpc) is 2.54. The Balaban J connectivity index is 2.24. The number of aliphatic carboxylic acids is 1. The SMILES string of the molecule is CC(C)OCCCN1CCC(C(=O)O)C1=O. The number of carbonyl (C=O) groups is 2. The van der Waals surface area contributed by atoms with Crippen LogP contribution in [0.1, 0.15) is 26.7 Å². The maximum atomic E-state index is 11.6. The molecule has 1 unspecified atom stereocenters. The van der Waals surface area contributed by atoms with Gasteiger partial charge in [0.25, 0.3) is 0 Å². The lowest BCUT2D eigenvalue weighted by atomic mass is 10.1. The minimum atomic E-state index is -1.01. The summed E-state index contributed by atoms with van der Waals surface area (Å²) >= 11 is 0. The number of carboxylic acid groups (broad SMARTS) is 1. The van der Waals surface area contributed by atoms with Crippen molar-refractivity contribution in [3.63, 3.8) is 0 Å². The van der Waals surface area contributed by atoms with E-state index in [9.17, 15) is 9.59 Å². The Morgan fingerprint density at radius 1 is 1.62 bits per heavy atom. The summed E-state index contributed by atoms with van der Waals surface area (Å²) in [6, 6.07) is 0. The van der Waals surface area contributed by atoms with Gasteiger partial charge in [-0.05, 0) is 26.7 Å². The van der Waals surface area contributed by atoms with Crippen LogP contribution >= 0.6 is 0 Å². The van der Waals surface area contributed by atoms with E-state index in [1.54, 1.807) is 4.90 Å². The Kier molecular flexibility index (Phi) is 4.73. The molecule has 16 heavy (non-hydrogen) atoms. The van der Waals surface area contributed by atoms with Gasteiger partial charge >= 0.3 is 5.97 Å². The third-order valence-corrected chi connectivity index (χ3v) is 2.62. The van der Waals surface area contributed by atoms with Gasteiger partial charge in [0.1, 0.15) is 5.92 Å². The summed E-state index contributed by atoms with van der Waals surface area (Å²) in [7, 11) is 0. The van der Waals surface area contributed by atoms with Crippen molar-refractivity contribution < 1.29 is 19.4 Å². The van der Waals surface area contributed by atoms with Crippen LogP contribution in [0.15, 0.2) is 0 Å². The summed E-state index contributed by atoms with van der Waals surface area (Å²) in [5.41, 5.74) is 0. The first-order chi connectivity index (χ1) is 7.52. The molecule has 0 aliphatic carbocycles. The predicted octanol–water partition coefficient (Wildman–Crippen LogP) is 0.735. The molecule has 1 rings (SSSR count). The molecule has 1 heterocycles. The van der Waals surface area contributed by atoms with E-state index in [1.165, 1.54) is 0 Å². The van der Waals surface area contributed by atoms with Gasteiger partial charge in [0.15, 0.2) is 0 Å². The summed E-state index contributed by atoms with van der Waals surface area (Å²) in [5, 5.41) is 8.77. The molecular formula is C11H19NO4. The highest BCUT2D eigenvalue weighted by molar-refractivity contribution is 5.98. The number of hydrogen-bond donors (Lipinski definition) is 1. The summed E-state index contributed by atoms with van der Waals surface area (Å²) in [6.07, 6.45) is 1.39. The van der Waals surface area contributed by atoms with E-state index in [0.29, 0.717) is 26.1 Å². The first-order valence-electron chi connectivity index (χ1n) is 5.65. The molecule has 0 aromatic carbocycles. The van der Waals surface area contributed by atoms with E-state index in [2.05, 4.69) is 0 Å². The lowest BCUT2D eigenvalue weighted by Gasteiger charge is -2.16. The van der Waals surface area contributed by atoms with Gasteiger partial charge in [-0.15, -0.1) is 0 Å². The summed E-state index contributed by atoms with van der Waals surface area (Å²) < 4.78 is 5.36. The number of amides is 1. The molecule has 0 radical (unpaired) electrons. The number of ether oxygens (including phenoxy) is 1. The fraction of sp³-hybridized carbons (Fsp3) is 0.818. The Hall–Kier alpha value is -1.10. The van der Waals surface area contributed by atoms with E-state index in [1.807, 2.05) is 13.8 Å². The lowest BCUT2D eigenvalue weighted by Crippen LogP contribution is -2.31. The van der Waals surface area contributed by atoms with Gasteiger partial charge in [0.05, 0.1) is 6.10 Å². The molecule has 1 amide bonds. The van der Waals surface area contributed by atoms with Crippen LogP contribution < -0.4 is 0 Å². The van der Waals surface area contributed by atoms with Crippen LogP contribution in [0, 0.1) is 5.92 Å². The highest BCUT2D eigenvalue weighted by atomic mass is 16.5. The van der Waals surface area contributed by atoms with E-state index in [0.717, 1.165) is 6.42 Å². The zero-order chi connectivity index (χ0) is 12.1. The second kappa shape index (κ2) is 5.84. The van der Waals surface area contributed by atoms with Crippen LogP contribution in [-0.2, 0) is 14.3 Å². The van der Waals surface area contributed by atoms with Crippen molar-refractivity contribution in [3.05, 3.63) is 0 Å². The van der Waals surface area contributed by atoms with Crippen LogP contribution in [0.2, 0.25) is 0 Å². The second-order valence-corrected chi connectivity index (χ2v) is 4.28. The molecular weight excluding hydrogens is 210 g/mol. The van der Waals surface area contributed by atoms with E-state index < -0.39 is 11.9 Å². The molecule has 1 aliphatic heterocycles. The fourth-order valence-electron chi connectivity index (χ4n) is 1.76. The van der Waals surface area contributed by atoms with Crippen LogP contribution in [0.3, 0.4) is 0 Å². The zero-order valence-electron chi connectivity index (χ0n) is 9.81. The predicted molar refractivity (Wildman–Crippen MR) is 58.0 cm³/mol. The van der Waals surface area contributed by atoms with Crippen LogP contribution in [0.4, 0.5) is 0 Å². The Labute approximate surface area is 95.4 Å². The molecule has 1 atom stereocenters. The van der Waals surface area contributed by atoms with Crippen molar-refractivity contribution >= 4 is 11.9 Å². The third kappa shape index (κ3) is 3.48. The van der Waals surface area contributed by atoms with Crippen molar-refractivity contribution in [2.45, 2.75) is 32.8 Å². The van der Waals surface area contributed by atoms with Gasteiger partial charge in [-0.25, -0.2) is 0 Å². The standard InChI is InChI=1S/C11H19NO4/c1-8(2)16-7-3-5-12-6-4-9(10(12)13)11(14)15/h8-9H,3-7H2,1-2H3,(H,14,15). The van der Waals surface area contributed by atoms with Crippen molar-refractivity contribution in [1.29, 1.82) is 0 Å². The van der Waals surface area contributed by atoms with Gasteiger partial charge in [-0.3, -0.25) is 9.59 Å². The summed E-state index contributed by atoms with van der Waals surface area (Å²) in [4.78, 5) is 23.9. The Bertz CT molecular complexity index is 265. The zero-order valence-corrected chi connectivity index (χ0v) is 9.81. The normalized spacial score (nSPS) is 20.8. The summed E-state index contributed by atoms with van der Waals surface area (Å²) in [5.74, 6) is -2.09. The molecule has 1 N–H and O–H groups in total. The maximum Gasteiger partial charge on any atom is 0.316 e. The van der Waals surface area contributed by atoms with Crippen LogP contribution in [0.25, 0.3) is 0 Å². The van der Waals surface area contributed by atoms with Gasteiger partial charge in [0.2, 0.25) is 5.91 Å². The minimum Gasteiger partial charge on any atom is -0.481 e.